The third kappa shape index (κ3) is 2.95. The van der Waals surface area contributed by atoms with Crippen LogP contribution in [0.1, 0.15) is 28.4 Å². The number of benzene rings is 1. The van der Waals surface area contributed by atoms with Gasteiger partial charge in [0, 0.05) is 23.3 Å². The van der Waals surface area contributed by atoms with Gasteiger partial charge in [-0.25, -0.2) is 18.1 Å². The van der Waals surface area contributed by atoms with Crippen molar-refractivity contribution in [2.24, 2.45) is 0 Å². The molecule has 0 aliphatic carbocycles. The van der Waals surface area contributed by atoms with Crippen molar-refractivity contribution in [2.75, 3.05) is 11.9 Å². The van der Waals surface area contributed by atoms with Crippen LogP contribution in [0.25, 0.3) is 0 Å². The van der Waals surface area contributed by atoms with Crippen LogP contribution in [0.2, 0.25) is 0 Å². The molecule has 2 aromatic rings. The summed E-state index contributed by atoms with van der Waals surface area (Å²) < 4.78 is 27.6. The Balaban J connectivity index is 1.83. The maximum absolute atomic E-state index is 12.5. The van der Waals surface area contributed by atoms with Crippen LogP contribution in [0.15, 0.2) is 29.3 Å². The summed E-state index contributed by atoms with van der Waals surface area (Å²) >= 11 is 1.50. The van der Waals surface area contributed by atoms with E-state index in [9.17, 15) is 8.42 Å². The second-order valence-corrected chi connectivity index (χ2v) is 8.13. The highest BCUT2D eigenvalue weighted by molar-refractivity contribution is 7.89. The molecule has 0 fully saturated rings. The van der Waals surface area contributed by atoms with Crippen molar-refractivity contribution in [3.05, 3.63) is 39.8 Å². The van der Waals surface area contributed by atoms with E-state index in [4.69, 9.17) is 0 Å². The van der Waals surface area contributed by atoms with E-state index in [2.05, 4.69) is 15.0 Å². The van der Waals surface area contributed by atoms with Gasteiger partial charge in [0.1, 0.15) is 5.01 Å². The van der Waals surface area contributed by atoms with Crippen LogP contribution in [0, 0.1) is 6.92 Å². The molecule has 3 rings (SSSR count). The Bertz CT molecular complexity index is 768. The number of rotatable bonds is 4. The summed E-state index contributed by atoms with van der Waals surface area (Å²) in [7, 11) is -3.53. The molecule has 1 aromatic carbocycles. The standard InChI is InChI=1S/C14H17N3O2S2/c1-9-8-16-14(20-9)10(2)17-21(18,19)12-3-4-13-11(7-12)5-6-15-13/h3-4,7-8,10,15,17H,5-6H2,1-2H3. The summed E-state index contributed by atoms with van der Waals surface area (Å²) in [6.45, 7) is 4.63. The van der Waals surface area contributed by atoms with Gasteiger partial charge in [-0.15, -0.1) is 11.3 Å². The monoisotopic (exact) mass is 323 g/mol. The van der Waals surface area contributed by atoms with Gasteiger partial charge in [0.05, 0.1) is 10.9 Å². The summed E-state index contributed by atoms with van der Waals surface area (Å²) in [5.74, 6) is 0. The van der Waals surface area contributed by atoms with Crippen LogP contribution in [0.5, 0.6) is 0 Å². The smallest absolute Gasteiger partial charge is 0.241 e. The summed E-state index contributed by atoms with van der Waals surface area (Å²) in [6, 6.07) is 4.88. The Morgan fingerprint density at radius 2 is 2.24 bits per heavy atom. The van der Waals surface area contributed by atoms with E-state index in [1.165, 1.54) is 11.3 Å². The fraction of sp³-hybridized carbons (Fsp3) is 0.357. The summed E-state index contributed by atoms with van der Waals surface area (Å²) in [6.07, 6.45) is 2.62. The molecule has 0 radical (unpaired) electrons. The molecule has 112 valence electrons. The molecule has 2 N–H and O–H groups in total. The lowest BCUT2D eigenvalue weighted by atomic mass is 10.2. The highest BCUT2D eigenvalue weighted by Crippen LogP contribution is 2.26. The number of aryl methyl sites for hydroxylation is 1. The zero-order valence-electron chi connectivity index (χ0n) is 11.9. The number of sulfonamides is 1. The minimum atomic E-state index is -3.53. The number of fused-ring (bicyclic) bond motifs is 1. The molecule has 0 spiro atoms. The van der Waals surface area contributed by atoms with Crippen LogP contribution in [0.3, 0.4) is 0 Å². The fourth-order valence-corrected chi connectivity index (χ4v) is 4.48. The predicted octanol–water partition coefficient (Wildman–Crippen LogP) is 2.46. The van der Waals surface area contributed by atoms with Crippen molar-refractivity contribution >= 4 is 27.0 Å². The first-order valence-corrected chi connectivity index (χ1v) is 9.07. The predicted molar refractivity (Wildman–Crippen MR) is 84.2 cm³/mol. The van der Waals surface area contributed by atoms with Gasteiger partial charge in [0.2, 0.25) is 10.0 Å². The van der Waals surface area contributed by atoms with E-state index < -0.39 is 10.0 Å². The molecule has 1 aliphatic rings. The number of hydrogen-bond donors (Lipinski definition) is 2. The van der Waals surface area contributed by atoms with Gasteiger partial charge in [0.25, 0.3) is 0 Å². The van der Waals surface area contributed by atoms with Crippen LogP contribution in [-0.4, -0.2) is 19.9 Å². The number of aromatic nitrogens is 1. The Morgan fingerprint density at radius 1 is 1.43 bits per heavy atom. The van der Waals surface area contributed by atoms with Gasteiger partial charge in [0.15, 0.2) is 0 Å². The third-order valence-electron chi connectivity index (χ3n) is 3.44. The van der Waals surface area contributed by atoms with Gasteiger partial charge in [-0.3, -0.25) is 0 Å². The normalized spacial score (nSPS) is 15.5. The topological polar surface area (TPSA) is 71.1 Å². The molecule has 1 unspecified atom stereocenters. The number of thiazole rings is 1. The fourth-order valence-electron chi connectivity index (χ4n) is 2.37. The van der Waals surface area contributed by atoms with E-state index in [0.29, 0.717) is 4.90 Å². The molecule has 0 saturated heterocycles. The number of hydrogen-bond acceptors (Lipinski definition) is 5. The van der Waals surface area contributed by atoms with Crippen molar-refractivity contribution in [1.29, 1.82) is 0 Å². The molecule has 1 aromatic heterocycles. The molecule has 0 bridgehead atoms. The van der Waals surface area contributed by atoms with Crippen molar-refractivity contribution in [2.45, 2.75) is 31.2 Å². The Labute approximate surface area is 128 Å². The Kier molecular flexibility index (Phi) is 3.73. The van der Waals surface area contributed by atoms with E-state index in [0.717, 1.165) is 34.1 Å². The minimum absolute atomic E-state index is 0.310. The van der Waals surface area contributed by atoms with Crippen LogP contribution in [-0.2, 0) is 16.4 Å². The molecule has 21 heavy (non-hydrogen) atoms. The first-order valence-electron chi connectivity index (χ1n) is 6.77. The number of nitrogens with zero attached hydrogens (tertiary/aromatic N) is 1. The van der Waals surface area contributed by atoms with Gasteiger partial charge < -0.3 is 5.32 Å². The zero-order chi connectivity index (χ0) is 15.0. The Morgan fingerprint density at radius 3 is 2.95 bits per heavy atom. The maximum Gasteiger partial charge on any atom is 0.241 e. The van der Waals surface area contributed by atoms with Crippen molar-refractivity contribution in [1.82, 2.24) is 9.71 Å². The van der Waals surface area contributed by atoms with Crippen LogP contribution < -0.4 is 10.0 Å². The van der Waals surface area contributed by atoms with E-state index in [1.54, 1.807) is 18.3 Å². The van der Waals surface area contributed by atoms with Crippen molar-refractivity contribution < 1.29 is 8.42 Å². The molecule has 1 atom stereocenters. The first-order chi connectivity index (χ1) is 9.95. The van der Waals surface area contributed by atoms with Crippen molar-refractivity contribution in [3.63, 3.8) is 0 Å². The molecule has 0 amide bonds. The zero-order valence-corrected chi connectivity index (χ0v) is 13.5. The molecule has 5 nitrogen and oxygen atoms in total. The summed E-state index contributed by atoms with van der Waals surface area (Å²) in [5.41, 5.74) is 2.08. The van der Waals surface area contributed by atoms with Gasteiger partial charge in [-0.05, 0) is 44.0 Å². The molecule has 7 heteroatoms. The second-order valence-electron chi connectivity index (χ2n) is 5.15. The van der Waals surface area contributed by atoms with Gasteiger partial charge in [-0.1, -0.05) is 0 Å². The minimum Gasteiger partial charge on any atom is -0.384 e. The number of anilines is 1. The van der Waals surface area contributed by atoms with Crippen LogP contribution >= 0.6 is 11.3 Å². The molecular weight excluding hydrogens is 306 g/mol. The summed E-state index contributed by atoms with van der Waals surface area (Å²) in [4.78, 5) is 5.61. The summed E-state index contributed by atoms with van der Waals surface area (Å²) in [5, 5.41) is 4.00. The van der Waals surface area contributed by atoms with Gasteiger partial charge in [-0.2, -0.15) is 0 Å². The number of nitrogens with one attached hydrogen (secondary N) is 2. The highest BCUT2D eigenvalue weighted by Gasteiger charge is 2.22. The first kappa shape index (κ1) is 14.5. The average Bonchev–Trinajstić information content (AvgIpc) is 3.05. The Hall–Kier alpha value is -1.44. The molecule has 2 heterocycles. The highest BCUT2D eigenvalue weighted by atomic mass is 32.2. The largest absolute Gasteiger partial charge is 0.384 e. The molecule has 1 aliphatic heterocycles. The maximum atomic E-state index is 12.5. The van der Waals surface area contributed by atoms with E-state index in [1.807, 2.05) is 19.9 Å². The van der Waals surface area contributed by atoms with E-state index >= 15 is 0 Å². The lowest BCUT2D eigenvalue weighted by Gasteiger charge is -2.12. The quantitative estimate of drug-likeness (QED) is 0.907. The van der Waals surface area contributed by atoms with Crippen molar-refractivity contribution in [3.8, 4) is 0 Å². The molecular formula is C14H17N3O2S2. The lowest BCUT2D eigenvalue weighted by Crippen LogP contribution is -2.26. The van der Waals surface area contributed by atoms with E-state index in [-0.39, 0.29) is 6.04 Å². The lowest BCUT2D eigenvalue weighted by molar-refractivity contribution is 0.566. The van der Waals surface area contributed by atoms with Gasteiger partial charge >= 0.3 is 0 Å². The average molecular weight is 323 g/mol. The SMILES string of the molecule is Cc1cnc(C(C)NS(=O)(=O)c2ccc3c(c2)CCN3)s1. The second kappa shape index (κ2) is 5.40. The molecule has 0 saturated carbocycles. The van der Waals surface area contributed by atoms with Crippen LogP contribution in [0.4, 0.5) is 5.69 Å². The third-order valence-corrected chi connectivity index (χ3v) is 6.07.